The van der Waals surface area contributed by atoms with Gasteiger partial charge in [-0.2, -0.15) is 4.98 Å². The van der Waals surface area contributed by atoms with Crippen molar-refractivity contribution < 1.29 is 9.18 Å². The van der Waals surface area contributed by atoms with E-state index in [-0.39, 0.29) is 51.5 Å². The lowest BCUT2D eigenvalue weighted by molar-refractivity contribution is -0.128. The molecule has 0 spiro atoms. The summed E-state index contributed by atoms with van der Waals surface area (Å²) in [5, 5.41) is 0.609. The molecule has 0 radical (unpaired) electrons. The lowest BCUT2D eigenvalue weighted by atomic mass is 10.0. The maximum atomic E-state index is 15.2. The zero-order chi connectivity index (χ0) is 31.7. The molecule has 4 rings (SSSR count). The third-order valence-corrected chi connectivity index (χ3v) is 8.08. The van der Waals surface area contributed by atoms with E-state index in [4.69, 9.17) is 22.3 Å². The van der Waals surface area contributed by atoms with E-state index in [9.17, 15) is 9.59 Å². The molecule has 9 nitrogen and oxygen atoms in total. The first-order valence-electron chi connectivity index (χ1n) is 14.1. The Balaban J connectivity index is 2.14. The first-order valence-corrected chi connectivity index (χ1v) is 14.5. The van der Waals surface area contributed by atoms with Crippen molar-refractivity contribution in [3.63, 3.8) is 0 Å². The SMILES string of the molecule is C=CC(=O)N1C[C@H](C)N(c2nc(=O)n(C(/C(C)=C\C)=C(/N=C)C(C)C)c3nc(-c4c(N)cccc4F)c(Cl)cc23)C[C@H]1C. The molecule has 11 heteroatoms. The Bertz CT molecular complexity index is 1720. The van der Waals surface area contributed by atoms with Crippen molar-refractivity contribution in [1.29, 1.82) is 0 Å². The molecule has 2 N–H and O–H groups in total. The van der Waals surface area contributed by atoms with Crippen molar-refractivity contribution in [3.05, 3.63) is 75.6 Å². The van der Waals surface area contributed by atoms with E-state index in [0.29, 0.717) is 35.7 Å². The molecule has 3 aromatic rings. The second-order valence-corrected chi connectivity index (χ2v) is 11.4. The number of fused-ring (bicyclic) bond motifs is 1. The molecule has 0 saturated carbocycles. The normalized spacial score (nSPS) is 18.2. The molecule has 2 atom stereocenters. The number of nitrogens with zero attached hydrogens (tertiary/aromatic N) is 6. The van der Waals surface area contributed by atoms with Crippen LogP contribution in [-0.2, 0) is 4.79 Å². The van der Waals surface area contributed by atoms with Gasteiger partial charge in [-0.15, -0.1) is 0 Å². The Hall–Kier alpha value is -4.31. The number of hydrogen-bond donors (Lipinski definition) is 1. The van der Waals surface area contributed by atoms with Crippen molar-refractivity contribution in [2.24, 2.45) is 10.9 Å². The third-order valence-electron chi connectivity index (χ3n) is 7.79. The second kappa shape index (κ2) is 12.5. The molecule has 0 aliphatic carbocycles. The number of carbonyl (C=O) groups is 1. The number of hydrogen-bond acceptors (Lipinski definition) is 7. The number of benzene rings is 1. The summed E-state index contributed by atoms with van der Waals surface area (Å²) in [5.41, 5.74) is 7.86. The van der Waals surface area contributed by atoms with Crippen LogP contribution in [-0.4, -0.2) is 57.2 Å². The number of nitrogens with two attached hydrogens (primary N) is 1. The summed E-state index contributed by atoms with van der Waals surface area (Å²) < 4.78 is 16.6. The Morgan fingerprint density at radius 2 is 1.93 bits per heavy atom. The molecule has 0 unspecified atom stereocenters. The van der Waals surface area contributed by atoms with Crippen LogP contribution in [0.25, 0.3) is 28.0 Å². The average Bonchev–Trinajstić information content (AvgIpc) is 2.96. The number of piperazine rings is 1. The van der Waals surface area contributed by atoms with E-state index in [1.165, 1.54) is 22.8 Å². The van der Waals surface area contributed by atoms with Crippen molar-refractivity contribution >= 4 is 52.5 Å². The summed E-state index contributed by atoms with van der Waals surface area (Å²) in [6.07, 6.45) is 3.16. The van der Waals surface area contributed by atoms with Gasteiger partial charge in [-0.25, -0.2) is 18.7 Å². The molecule has 1 aliphatic heterocycles. The Kier molecular flexibility index (Phi) is 9.20. The van der Waals surface area contributed by atoms with Crippen molar-refractivity contribution in [2.45, 2.75) is 53.6 Å². The predicted molar refractivity (Wildman–Crippen MR) is 174 cm³/mol. The monoisotopic (exact) mass is 605 g/mol. The summed E-state index contributed by atoms with van der Waals surface area (Å²) in [7, 11) is 0. The van der Waals surface area contributed by atoms with Gasteiger partial charge in [-0.05, 0) is 70.2 Å². The van der Waals surface area contributed by atoms with Crippen molar-refractivity contribution in [1.82, 2.24) is 19.4 Å². The van der Waals surface area contributed by atoms with Crippen LogP contribution in [0.1, 0.15) is 41.5 Å². The number of aliphatic imine (C=N–C) groups is 1. The highest BCUT2D eigenvalue weighted by Crippen LogP contribution is 2.38. The minimum Gasteiger partial charge on any atom is -0.398 e. The fraction of sp³-hybridized carbons (Fsp3) is 0.344. The number of amides is 1. The van der Waals surface area contributed by atoms with E-state index in [1.54, 1.807) is 17.0 Å². The molecule has 3 heterocycles. The van der Waals surface area contributed by atoms with E-state index >= 15 is 4.39 Å². The number of pyridine rings is 1. The minimum absolute atomic E-state index is 0.0320. The standard InChI is InChI=1S/C32H37ClFN7O2/c1-9-18(5)29(27(36-8)17(3)4)41-31-21(14-22(33)28(37-31)26-23(34)12-11-13-24(26)35)30(38-32(41)43)40-16-19(6)39(15-20(40)7)25(42)10-2/h9-14,17,19-20H,2,8,15-16,35H2,1,3-7H3/b18-9-,29-27+/t19-,20+/m1/s1. The summed E-state index contributed by atoms with van der Waals surface area (Å²) in [6.45, 7) is 19.7. The number of nitrogen functional groups attached to an aromatic ring is 1. The van der Waals surface area contributed by atoms with Gasteiger partial charge in [0.2, 0.25) is 5.91 Å². The largest absolute Gasteiger partial charge is 0.398 e. The smallest absolute Gasteiger partial charge is 0.355 e. The van der Waals surface area contributed by atoms with Crippen LogP contribution in [0.5, 0.6) is 0 Å². The molecule has 0 bridgehead atoms. The molecular weight excluding hydrogens is 569 g/mol. The van der Waals surface area contributed by atoms with E-state index in [2.05, 4.69) is 23.3 Å². The van der Waals surface area contributed by atoms with Gasteiger partial charge in [-0.1, -0.05) is 44.2 Å². The van der Waals surface area contributed by atoms with E-state index in [0.717, 1.165) is 5.57 Å². The zero-order valence-corrected chi connectivity index (χ0v) is 26.1. The molecule has 1 aliphatic rings. The predicted octanol–water partition coefficient (Wildman–Crippen LogP) is 5.94. The lowest BCUT2D eigenvalue weighted by Crippen LogP contribution is -2.58. The number of carbonyl (C=O) groups excluding carboxylic acids is 1. The van der Waals surface area contributed by atoms with Crippen LogP contribution < -0.4 is 16.3 Å². The highest BCUT2D eigenvalue weighted by Gasteiger charge is 2.34. The van der Waals surface area contributed by atoms with Crippen LogP contribution >= 0.6 is 11.6 Å². The van der Waals surface area contributed by atoms with Crippen molar-refractivity contribution in [2.75, 3.05) is 23.7 Å². The summed E-state index contributed by atoms with van der Waals surface area (Å²) in [5.74, 6) is -0.509. The molecule has 43 heavy (non-hydrogen) atoms. The molecule has 1 amide bonds. The van der Waals surface area contributed by atoms with Crippen LogP contribution in [0.4, 0.5) is 15.9 Å². The third kappa shape index (κ3) is 5.71. The highest BCUT2D eigenvalue weighted by molar-refractivity contribution is 6.34. The first-order chi connectivity index (χ1) is 20.4. The van der Waals surface area contributed by atoms with Gasteiger partial charge in [-0.3, -0.25) is 9.79 Å². The minimum atomic E-state index is -0.604. The molecule has 1 fully saturated rings. The van der Waals surface area contributed by atoms with Gasteiger partial charge in [0.1, 0.15) is 11.6 Å². The van der Waals surface area contributed by atoms with E-state index < -0.39 is 11.5 Å². The maximum Gasteiger partial charge on any atom is 0.355 e. The van der Waals surface area contributed by atoms with Gasteiger partial charge in [0.05, 0.1) is 33.1 Å². The van der Waals surface area contributed by atoms with Crippen LogP contribution in [0.2, 0.25) is 5.02 Å². The lowest BCUT2D eigenvalue weighted by Gasteiger charge is -2.44. The highest BCUT2D eigenvalue weighted by atomic mass is 35.5. The molecule has 1 saturated heterocycles. The Labute approximate surface area is 255 Å². The average molecular weight is 606 g/mol. The second-order valence-electron chi connectivity index (χ2n) is 11.0. The van der Waals surface area contributed by atoms with Gasteiger partial charge < -0.3 is 15.5 Å². The quantitative estimate of drug-likeness (QED) is 0.155. The number of aromatic nitrogens is 3. The zero-order valence-electron chi connectivity index (χ0n) is 25.4. The van der Waals surface area contributed by atoms with Crippen LogP contribution in [0.15, 0.2) is 64.1 Å². The van der Waals surface area contributed by atoms with Gasteiger partial charge in [0.25, 0.3) is 0 Å². The summed E-state index contributed by atoms with van der Waals surface area (Å²) in [6, 6.07) is 5.58. The van der Waals surface area contributed by atoms with Gasteiger partial charge >= 0.3 is 5.69 Å². The number of allylic oxidation sites excluding steroid dienone is 4. The van der Waals surface area contributed by atoms with E-state index in [1.807, 2.05) is 52.5 Å². The van der Waals surface area contributed by atoms with Gasteiger partial charge in [0.15, 0.2) is 5.65 Å². The number of halogens is 2. The van der Waals surface area contributed by atoms with Crippen LogP contribution in [0.3, 0.4) is 0 Å². The van der Waals surface area contributed by atoms with Crippen LogP contribution in [0, 0.1) is 11.7 Å². The molecular formula is C32H37ClFN7O2. The fourth-order valence-electron chi connectivity index (χ4n) is 5.50. The Morgan fingerprint density at radius 1 is 1.23 bits per heavy atom. The number of rotatable bonds is 7. The summed E-state index contributed by atoms with van der Waals surface area (Å²) >= 11 is 6.81. The number of anilines is 2. The van der Waals surface area contributed by atoms with Crippen molar-refractivity contribution in [3.8, 4) is 11.3 Å². The van der Waals surface area contributed by atoms with Gasteiger partial charge in [0, 0.05) is 30.9 Å². The maximum absolute atomic E-state index is 15.2. The fourth-order valence-corrected chi connectivity index (χ4v) is 5.74. The molecule has 226 valence electrons. The summed E-state index contributed by atoms with van der Waals surface area (Å²) in [4.78, 5) is 44.0. The topological polar surface area (TPSA) is 110 Å². The molecule has 1 aromatic carbocycles. The molecule has 2 aromatic heterocycles. The first kappa shape index (κ1) is 31.6. The Morgan fingerprint density at radius 3 is 2.51 bits per heavy atom.